The van der Waals surface area contributed by atoms with E-state index in [4.69, 9.17) is 4.74 Å². The van der Waals surface area contributed by atoms with Crippen LogP contribution >= 0.6 is 0 Å². The van der Waals surface area contributed by atoms with E-state index in [1.807, 2.05) is 20.9 Å². The molecule has 1 aromatic heterocycles. The molecule has 9 heteroatoms. The largest absolute Gasteiger partial charge is 0.508 e. The maximum atomic E-state index is 14.7. The Hall–Kier alpha value is -3.46. The molecule has 0 aliphatic carbocycles. The SMILES string of the molecule is CCOc1nc2c(c(N(C)C3CCNCC3)n1)C(=O)N(c1cc(O)cc3ccc(F)c(CC)c13)C2. The van der Waals surface area contributed by atoms with Crippen LogP contribution in [0, 0.1) is 5.82 Å². The number of anilines is 2. The number of fused-ring (bicyclic) bond motifs is 2. The topological polar surface area (TPSA) is 90.8 Å². The molecule has 2 N–H and O–H groups in total. The van der Waals surface area contributed by atoms with E-state index in [0.717, 1.165) is 25.9 Å². The Morgan fingerprint density at radius 1 is 1.23 bits per heavy atom. The molecule has 2 aromatic carbocycles. The van der Waals surface area contributed by atoms with Gasteiger partial charge in [0.05, 0.1) is 24.5 Å². The minimum Gasteiger partial charge on any atom is -0.508 e. The van der Waals surface area contributed by atoms with Crippen molar-refractivity contribution < 1.29 is 19.0 Å². The number of rotatable bonds is 6. The third-order valence-corrected chi connectivity index (χ3v) is 6.95. The van der Waals surface area contributed by atoms with Gasteiger partial charge >= 0.3 is 6.01 Å². The maximum absolute atomic E-state index is 14.7. The highest BCUT2D eigenvalue weighted by Crippen LogP contribution is 2.41. The molecule has 0 spiro atoms. The molecule has 2 aliphatic heterocycles. The highest BCUT2D eigenvalue weighted by Gasteiger charge is 2.37. The number of phenols is 1. The number of hydrogen-bond donors (Lipinski definition) is 2. The van der Waals surface area contributed by atoms with Gasteiger partial charge in [0.25, 0.3) is 5.91 Å². The Morgan fingerprint density at radius 2 is 2.00 bits per heavy atom. The van der Waals surface area contributed by atoms with Crippen LogP contribution in [0.2, 0.25) is 0 Å². The van der Waals surface area contributed by atoms with Crippen molar-refractivity contribution in [3.8, 4) is 11.8 Å². The Labute approximate surface area is 203 Å². The summed E-state index contributed by atoms with van der Waals surface area (Å²) in [6, 6.07) is 6.61. The average Bonchev–Trinajstić information content (AvgIpc) is 3.19. The van der Waals surface area contributed by atoms with E-state index in [-0.39, 0.29) is 36.1 Å². The number of carbonyl (C=O) groups is 1. The lowest BCUT2D eigenvalue weighted by atomic mass is 9.99. The summed E-state index contributed by atoms with van der Waals surface area (Å²) in [6.07, 6.45) is 2.33. The van der Waals surface area contributed by atoms with Gasteiger partial charge in [0.1, 0.15) is 22.9 Å². The van der Waals surface area contributed by atoms with Crippen LogP contribution in [0.1, 0.15) is 48.3 Å². The number of aromatic hydroxyl groups is 1. The number of hydrogen-bond acceptors (Lipinski definition) is 7. The van der Waals surface area contributed by atoms with Gasteiger partial charge in [-0.15, -0.1) is 0 Å². The van der Waals surface area contributed by atoms with Crippen LogP contribution in [-0.4, -0.2) is 53.8 Å². The van der Waals surface area contributed by atoms with Crippen molar-refractivity contribution >= 4 is 28.2 Å². The van der Waals surface area contributed by atoms with E-state index in [0.29, 0.717) is 52.1 Å². The number of benzene rings is 2. The monoisotopic (exact) mass is 479 g/mol. The normalized spacial score (nSPS) is 16.1. The van der Waals surface area contributed by atoms with Crippen LogP contribution < -0.4 is 19.9 Å². The third-order valence-electron chi connectivity index (χ3n) is 6.95. The number of nitrogens with one attached hydrogen (secondary N) is 1. The summed E-state index contributed by atoms with van der Waals surface area (Å²) in [5.74, 6) is -0.0415. The first-order chi connectivity index (χ1) is 16.9. The number of aromatic nitrogens is 2. The molecular weight excluding hydrogens is 449 g/mol. The zero-order chi connectivity index (χ0) is 24.7. The lowest BCUT2D eigenvalue weighted by Gasteiger charge is -2.33. The Morgan fingerprint density at radius 3 is 2.71 bits per heavy atom. The van der Waals surface area contributed by atoms with Crippen LogP contribution in [-0.2, 0) is 13.0 Å². The fourth-order valence-corrected chi connectivity index (χ4v) is 5.21. The number of nitrogens with zero attached hydrogens (tertiary/aromatic N) is 4. The van der Waals surface area contributed by atoms with Gasteiger partial charge in [-0.3, -0.25) is 4.79 Å². The minimum absolute atomic E-state index is 0.0121. The number of carbonyl (C=O) groups excluding carboxylic acids is 1. The summed E-state index contributed by atoms with van der Waals surface area (Å²) < 4.78 is 20.4. The average molecular weight is 480 g/mol. The van der Waals surface area contributed by atoms with Crippen LogP contribution in [0.5, 0.6) is 11.8 Å². The number of halogens is 1. The zero-order valence-corrected chi connectivity index (χ0v) is 20.3. The third kappa shape index (κ3) is 4.03. The molecule has 3 aromatic rings. The van der Waals surface area contributed by atoms with Crippen LogP contribution in [0.15, 0.2) is 24.3 Å². The highest BCUT2D eigenvalue weighted by molar-refractivity contribution is 6.16. The predicted octanol–water partition coefficient (Wildman–Crippen LogP) is 3.78. The maximum Gasteiger partial charge on any atom is 0.318 e. The van der Waals surface area contributed by atoms with Crippen molar-refractivity contribution in [2.24, 2.45) is 0 Å². The number of piperidine rings is 1. The van der Waals surface area contributed by atoms with E-state index in [1.54, 1.807) is 17.0 Å². The van der Waals surface area contributed by atoms with Gasteiger partial charge in [-0.25, -0.2) is 4.39 Å². The first-order valence-electron chi connectivity index (χ1n) is 12.2. The van der Waals surface area contributed by atoms with Crippen molar-refractivity contribution in [3.05, 3.63) is 46.9 Å². The van der Waals surface area contributed by atoms with E-state index in [1.165, 1.54) is 12.1 Å². The number of amides is 1. The molecule has 0 radical (unpaired) electrons. The molecule has 1 amide bonds. The molecule has 35 heavy (non-hydrogen) atoms. The molecule has 0 saturated carbocycles. The molecule has 5 rings (SSSR count). The zero-order valence-electron chi connectivity index (χ0n) is 20.3. The minimum atomic E-state index is -0.333. The first-order valence-corrected chi connectivity index (χ1v) is 12.2. The van der Waals surface area contributed by atoms with Gasteiger partial charge in [0.15, 0.2) is 0 Å². The molecule has 0 unspecified atom stereocenters. The first kappa shape index (κ1) is 23.3. The Kier molecular flexibility index (Phi) is 6.19. The highest BCUT2D eigenvalue weighted by atomic mass is 19.1. The summed E-state index contributed by atoms with van der Waals surface area (Å²) in [6.45, 7) is 6.14. The summed E-state index contributed by atoms with van der Waals surface area (Å²) in [5.41, 5.74) is 1.97. The Bertz CT molecular complexity index is 1290. The van der Waals surface area contributed by atoms with Gasteiger partial charge in [0.2, 0.25) is 0 Å². The summed E-state index contributed by atoms with van der Waals surface area (Å²) in [7, 11) is 1.96. The second-order valence-electron chi connectivity index (χ2n) is 9.01. The standard InChI is InChI=1S/C26H30FN5O3/c1-4-18-19(27)7-6-15-12-17(33)13-21(22(15)18)32-14-20-23(25(32)34)24(30-26(29-20)35-5-2)31(3)16-8-10-28-11-9-16/h6-7,12-13,16,28,33H,4-5,8-11,14H2,1-3H3. The number of ether oxygens (including phenoxy) is 1. The molecule has 0 bridgehead atoms. The fourth-order valence-electron chi connectivity index (χ4n) is 5.21. The van der Waals surface area contributed by atoms with Crippen molar-refractivity contribution in [2.75, 3.05) is 36.5 Å². The molecule has 0 atom stereocenters. The van der Waals surface area contributed by atoms with Crippen LogP contribution in [0.3, 0.4) is 0 Å². The predicted molar refractivity (Wildman–Crippen MR) is 133 cm³/mol. The summed E-state index contributed by atoms with van der Waals surface area (Å²) in [5, 5.41) is 15.1. The molecule has 8 nitrogen and oxygen atoms in total. The smallest absolute Gasteiger partial charge is 0.318 e. The van der Waals surface area contributed by atoms with E-state index < -0.39 is 0 Å². The second kappa shape index (κ2) is 9.30. The van der Waals surface area contributed by atoms with Crippen molar-refractivity contribution in [3.63, 3.8) is 0 Å². The van der Waals surface area contributed by atoms with Crippen molar-refractivity contribution in [2.45, 2.75) is 45.7 Å². The summed E-state index contributed by atoms with van der Waals surface area (Å²) >= 11 is 0. The molecule has 184 valence electrons. The van der Waals surface area contributed by atoms with Crippen LogP contribution in [0.25, 0.3) is 10.8 Å². The van der Waals surface area contributed by atoms with Gasteiger partial charge < -0.3 is 25.0 Å². The van der Waals surface area contributed by atoms with E-state index in [2.05, 4.69) is 20.2 Å². The van der Waals surface area contributed by atoms with Gasteiger partial charge in [0, 0.05) is 24.5 Å². The molecular formula is C26H30FN5O3. The number of aryl methyl sites for hydroxylation is 1. The van der Waals surface area contributed by atoms with Gasteiger partial charge in [-0.2, -0.15) is 9.97 Å². The summed E-state index contributed by atoms with van der Waals surface area (Å²) in [4.78, 5) is 26.7. The van der Waals surface area contributed by atoms with Crippen LogP contribution in [0.4, 0.5) is 15.9 Å². The lowest BCUT2D eigenvalue weighted by Crippen LogP contribution is -2.42. The van der Waals surface area contributed by atoms with Gasteiger partial charge in [-0.05, 0) is 62.4 Å². The lowest BCUT2D eigenvalue weighted by molar-refractivity contribution is 0.0997. The van der Waals surface area contributed by atoms with Gasteiger partial charge in [-0.1, -0.05) is 13.0 Å². The Balaban J connectivity index is 1.64. The quantitative estimate of drug-likeness (QED) is 0.556. The molecule has 3 heterocycles. The molecule has 1 fully saturated rings. The number of phenolic OH excluding ortho intramolecular Hbond substituents is 1. The fraction of sp³-hybridized carbons (Fsp3) is 0.423. The van der Waals surface area contributed by atoms with E-state index in [9.17, 15) is 14.3 Å². The molecule has 1 saturated heterocycles. The molecule has 2 aliphatic rings. The van der Waals surface area contributed by atoms with Crippen molar-refractivity contribution in [1.29, 1.82) is 0 Å². The second-order valence-corrected chi connectivity index (χ2v) is 9.01. The van der Waals surface area contributed by atoms with E-state index >= 15 is 0 Å². The van der Waals surface area contributed by atoms with Crippen molar-refractivity contribution in [1.82, 2.24) is 15.3 Å².